The third kappa shape index (κ3) is 3.45. The predicted octanol–water partition coefficient (Wildman–Crippen LogP) is 3.93. The quantitative estimate of drug-likeness (QED) is 0.819. The standard InChI is InChI=1S/C17H27NO2/c1-18-14(12-11-13-7-4-5-8-13)17-15(19-2)9-6-10-16(17)20-3/h6,9-10,13-14,18H,4-5,7-8,11-12H2,1-3H3. The molecule has 1 unspecified atom stereocenters. The monoisotopic (exact) mass is 277 g/mol. The lowest BCUT2D eigenvalue weighted by Crippen LogP contribution is -2.19. The SMILES string of the molecule is CNC(CCC1CCCC1)c1c(OC)cccc1OC. The van der Waals surface area contributed by atoms with E-state index in [0.717, 1.165) is 29.4 Å². The van der Waals surface area contributed by atoms with Crippen molar-refractivity contribution in [2.24, 2.45) is 5.92 Å². The lowest BCUT2D eigenvalue weighted by atomic mass is 9.94. The summed E-state index contributed by atoms with van der Waals surface area (Å²) in [5, 5.41) is 3.43. The smallest absolute Gasteiger partial charge is 0.127 e. The van der Waals surface area contributed by atoms with Gasteiger partial charge in [-0.1, -0.05) is 31.7 Å². The van der Waals surface area contributed by atoms with Crippen LogP contribution in [-0.2, 0) is 0 Å². The molecule has 1 fully saturated rings. The first-order valence-corrected chi connectivity index (χ1v) is 7.68. The molecule has 1 saturated carbocycles. The number of ether oxygens (including phenoxy) is 2. The van der Waals surface area contributed by atoms with Gasteiger partial charge >= 0.3 is 0 Å². The topological polar surface area (TPSA) is 30.5 Å². The highest BCUT2D eigenvalue weighted by atomic mass is 16.5. The third-order valence-corrected chi connectivity index (χ3v) is 4.50. The van der Waals surface area contributed by atoms with E-state index in [9.17, 15) is 0 Å². The van der Waals surface area contributed by atoms with Gasteiger partial charge in [-0.2, -0.15) is 0 Å². The van der Waals surface area contributed by atoms with Crippen molar-refractivity contribution in [1.29, 1.82) is 0 Å². The molecular weight excluding hydrogens is 250 g/mol. The van der Waals surface area contributed by atoms with Crippen molar-refractivity contribution in [1.82, 2.24) is 5.32 Å². The summed E-state index contributed by atoms with van der Waals surface area (Å²) < 4.78 is 11.0. The van der Waals surface area contributed by atoms with Crippen LogP contribution in [0.25, 0.3) is 0 Å². The van der Waals surface area contributed by atoms with E-state index < -0.39 is 0 Å². The Hall–Kier alpha value is -1.22. The first-order valence-electron chi connectivity index (χ1n) is 7.68. The van der Waals surface area contributed by atoms with Crippen LogP contribution in [-0.4, -0.2) is 21.3 Å². The zero-order chi connectivity index (χ0) is 14.4. The fourth-order valence-electron chi connectivity index (χ4n) is 3.36. The van der Waals surface area contributed by atoms with Crippen LogP contribution >= 0.6 is 0 Å². The minimum absolute atomic E-state index is 0.293. The fraction of sp³-hybridized carbons (Fsp3) is 0.647. The number of rotatable bonds is 7. The molecule has 1 N–H and O–H groups in total. The summed E-state index contributed by atoms with van der Waals surface area (Å²) in [6, 6.07) is 6.29. The molecule has 0 spiro atoms. The molecule has 0 radical (unpaired) electrons. The number of hydrogen-bond acceptors (Lipinski definition) is 3. The molecule has 1 aromatic rings. The molecule has 0 heterocycles. The molecule has 0 aromatic heterocycles. The van der Waals surface area contributed by atoms with Gasteiger partial charge in [-0.3, -0.25) is 0 Å². The van der Waals surface area contributed by atoms with Gasteiger partial charge in [0.2, 0.25) is 0 Å². The summed E-state index contributed by atoms with van der Waals surface area (Å²) in [6.45, 7) is 0. The van der Waals surface area contributed by atoms with E-state index in [-0.39, 0.29) is 0 Å². The van der Waals surface area contributed by atoms with E-state index in [4.69, 9.17) is 9.47 Å². The van der Waals surface area contributed by atoms with Crippen molar-refractivity contribution in [2.45, 2.75) is 44.6 Å². The van der Waals surface area contributed by atoms with Crippen LogP contribution in [0.2, 0.25) is 0 Å². The largest absolute Gasteiger partial charge is 0.496 e. The third-order valence-electron chi connectivity index (χ3n) is 4.50. The van der Waals surface area contributed by atoms with E-state index in [1.807, 2.05) is 25.2 Å². The number of benzene rings is 1. The Morgan fingerprint density at radius 1 is 1.15 bits per heavy atom. The van der Waals surface area contributed by atoms with E-state index in [0.29, 0.717) is 6.04 Å². The molecular formula is C17H27NO2. The van der Waals surface area contributed by atoms with Gasteiger partial charge < -0.3 is 14.8 Å². The Balaban J connectivity index is 2.12. The van der Waals surface area contributed by atoms with E-state index in [1.54, 1.807) is 14.2 Å². The van der Waals surface area contributed by atoms with Crippen molar-refractivity contribution in [2.75, 3.05) is 21.3 Å². The molecule has 0 saturated heterocycles. The summed E-state index contributed by atoms with van der Waals surface area (Å²) in [4.78, 5) is 0. The molecule has 0 aliphatic heterocycles. The summed E-state index contributed by atoms with van der Waals surface area (Å²) in [6.07, 6.45) is 8.04. The highest BCUT2D eigenvalue weighted by molar-refractivity contribution is 5.47. The van der Waals surface area contributed by atoms with Gasteiger partial charge in [0.1, 0.15) is 11.5 Å². The van der Waals surface area contributed by atoms with E-state index >= 15 is 0 Å². The van der Waals surface area contributed by atoms with E-state index in [2.05, 4.69) is 5.32 Å². The average molecular weight is 277 g/mol. The molecule has 1 aliphatic rings. The normalized spacial score (nSPS) is 17.1. The molecule has 20 heavy (non-hydrogen) atoms. The van der Waals surface area contributed by atoms with Crippen molar-refractivity contribution in [3.8, 4) is 11.5 Å². The number of hydrogen-bond donors (Lipinski definition) is 1. The number of nitrogens with one attached hydrogen (secondary N) is 1. The molecule has 0 amide bonds. The van der Waals surface area contributed by atoms with Crippen LogP contribution in [0, 0.1) is 5.92 Å². The maximum Gasteiger partial charge on any atom is 0.127 e. The van der Waals surface area contributed by atoms with Crippen LogP contribution in [0.5, 0.6) is 11.5 Å². The highest BCUT2D eigenvalue weighted by Gasteiger charge is 2.22. The Kier molecular flexibility index (Phi) is 5.72. The van der Waals surface area contributed by atoms with Crippen LogP contribution in [0.3, 0.4) is 0 Å². The van der Waals surface area contributed by atoms with Crippen molar-refractivity contribution in [3.05, 3.63) is 23.8 Å². The lowest BCUT2D eigenvalue weighted by Gasteiger charge is -2.23. The summed E-state index contributed by atoms with van der Waals surface area (Å²) >= 11 is 0. The van der Waals surface area contributed by atoms with Gasteiger partial charge in [-0.25, -0.2) is 0 Å². The van der Waals surface area contributed by atoms with Crippen LogP contribution in [0.1, 0.15) is 50.1 Å². The van der Waals surface area contributed by atoms with Crippen molar-refractivity contribution < 1.29 is 9.47 Å². The Morgan fingerprint density at radius 3 is 2.25 bits per heavy atom. The lowest BCUT2D eigenvalue weighted by molar-refractivity contribution is 0.360. The van der Waals surface area contributed by atoms with Gasteiger partial charge in [0.05, 0.1) is 19.8 Å². The second-order valence-corrected chi connectivity index (χ2v) is 5.65. The molecule has 3 heteroatoms. The second kappa shape index (κ2) is 7.53. The van der Waals surface area contributed by atoms with Crippen LogP contribution in [0.4, 0.5) is 0 Å². The van der Waals surface area contributed by atoms with Gasteiger partial charge in [0, 0.05) is 6.04 Å². The van der Waals surface area contributed by atoms with Crippen molar-refractivity contribution in [3.63, 3.8) is 0 Å². The van der Waals surface area contributed by atoms with Crippen molar-refractivity contribution >= 4 is 0 Å². The zero-order valence-electron chi connectivity index (χ0n) is 12.9. The molecule has 0 bridgehead atoms. The maximum atomic E-state index is 5.52. The second-order valence-electron chi connectivity index (χ2n) is 5.65. The Morgan fingerprint density at radius 2 is 1.75 bits per heavy atom. The summed E-state index contributed by atoms with van der Waals surface area (Å²) in [5.41, 5.74) is 1.15. The van der Waals surface area contributed by atoms with Gasteiger partial charge in [-0.05, 0) is 37.9 Å². The summed E-state index contributed by atoms with van der Waals surface area (Å²) in [7, 11) is 5.47. The Labute approximate surface area is 122 Å². The zero-order valence-corrected chi connectivity index (χ0v) is 12.9. The molecule has 3 nitrogen and oxygen atoms in total. The van der Waals surface area contributed by atoms with Crippen LogP contribution in [0.15, 0.2) is 18.2 Å². The van der Waals surface area contributed by atoms with Gasteiger partial charge in [-0.15, -0.1) is 0 Å². The van der Waals surface area contributed by atoms with Gasteiger partial charge in [0.25, 0.3) is 0 Å². The molecule has 1 atom stereocenters. The highest BCUT2D eigenvalue weighted by Crippen LogP contribution is 2.38. The minimum atomic E-state index is 0.293. The van der Waals surface area contributed by atoms with E-state index in [1.165, 1.54) is 32.1 Å². The van der Waals surface area contributed by atoms with Gasteiger partial charge in [0.15, 0.2) is 0 Å². The molecule has 2 rings (SSSR count). The maximum absolute atomic E-state index is 5.52. The predicted molar refractivity (Wildman–Crippen MR) is 82.5 cm³/mol. The average Bonchev–Trinajstić information content (AvgIpc) is 3.01. The molecule has 1 aromatic carbocycles. The fourth-order valence-corrected chi connectivity index (χ4v) is 3.36. The van der Waals surface area contributed by atoms with Crippen LogP contribution < -0.4 is 14.8 Å². The summed E-state index contributed by atoms with van der Waals surface area (Å²) in [5.74, 6) is 2.73. The Bertz CT molecular complexity index is 391. The first kappa shape index (κ1) is 15.2. The number of methoxy groups -OCH3 is 2. The molecule has 112 valence electrons. The minimum Gasteiger partial charge on any atom is -0.496 e. The molecule has 1 aliphatic carbocycles. The first-order chi connectivity index (χ1) is 9.80.